The van der Waals surface area contributed by atoms with Crippen LogP contribution in [0.1, 0.15) is 65.6 Å². The monoisotopic (exact) mass is 266 g/mol. The van der Waals surface area contributed by atoms with Crippen LogP contribution in [-0.4, -0.2) is 20.8 Å². The van der Waals surface area contributed by atoms with Gasteiger partial charge >= 0.3 is 0 Å². The summed E-state index contributed by atoms with van der Waals surface area (Å²) >= 11 is 0. The fourth-order valence-corrected chi connectivity index (χ4v) is 2.17. The minimum atomic E-state index is 0.557. The highest BCUT2D eigenvalue weighted by molar-refractivity contribution is 4.84. The van der Waals surface area contributed by atoms with E-state index in [0.29, 0.717) is 12.0 Å². The van der Waals surface area contributed by atoms with Gasteiger partial charge in [0.25, 0.3) is 0 Å². The molecular formula is C15H30N4. The fourth-order valence-electron chi connectivity index (χ4n) is 2.17. The Hall–Kier alpha value is -0.900. The standard InChI is InChI=1S/C15H30N4/c1-5-6-7-8-9-14(4)16-10-15-17-12-18-19(15)11-13(2)3/h12-14,16H,5-11H2,1-4H3. The van der Waals surface area contributed by atoms with Gasteiger partial charge in [0.2, 0.25) is 0 Å². The van der Waals surface area contributed by atoms with Gasteiger partial charge in [0.1, 0.15) is 12.2 Å². The molecule has 1 aromatic heterocycles. The number of unbranched alkanes of at least 4 members (excludes halogenated alkanes) is 3. The van der Waals surface area contributed by atoms with Crippen molar-refractivity contribution in [2.45, 2.75) is 78.9 Å². The number of hydrogen-bond donors (Lipinski definition) is 1. The van der Waals surface area contributed by atoms with E-state index in [4.69, 9.17) is 0 Å². The quantitative estimate of drug-likeness (QED) is 0.660. The number of hydrogen-bond acceptors (Lipinski definition) is 3. The average molecular weight is 266 g/mol. The van der Waals surface area contributed by atoms with Gasteiger partial charge in [-0.2, -0.15) is 5.10 Å². The minimum Gasteiger partial charge on any atom is -0.307 e. The lowest BCUT2D eigenvalue weighted by Crippen LogP contribution is -2.27. The second kappa shape index (κ2) is 9.08. The van der Waals surface area contributed by atoms with Crippen molar-refractivity contribution >= 4 is 0 Å². The van der Waals surface area contributed by atoms with Crippen molar-refractivity contribution in [1.82, 2.24) is 20.1 Å². The van der Waals surface area contributed by atoms with E-state index >= 15 is 0 Å². The molecule has 0 bridgehead atoms. The maximum atomic E-state index is 4.34. The molecule has 1 atom stereocenters. The van der Waals surface area contributed by atoms with Crippen LogP contribution in [0.4, 0.5) is 0 Å². The van der Waals surface area contributed by atoms with E-state index in [1.165, 1.54) is 32.1 Å². The lowest BCUT2D eigenvalue weighted by molar-refractivity contribution is 0.434. The van der Waals surface area contributed by atoms with Gasteiger partial charge in [0.15, 0.2) is 0 Å². The topological polar surface area (TPSA) is 42.7 Å². The first-order valence-electron chi connectivity index (χ1n) is 7.73. The number of rotatable bonds is 10. The van der Waals surface area contributed by atoms with Crippen LogP contribution in [0.5, 0.6) is 0 Å². The molecule has 4 heteroatoms. The molecular weight excluding hydrogens is 236 g/mol. The summed E-state index contributed by atoms with van der Waals surface area (Å²) in [6.45, 7) is 10.7. The van der Waals surface area contributed by atoms with Crippen molar-refractivity contribution in [3.05, 3.63) is 12.2 Å². The Morgan fingerprint density at radius 2 is 2.00 bits per heavy atom. The predicted molar refractivity (Wildman–Crippen MR) is 79.9 cm³/mol. The zero-order chi connectivity index (χ0) is 14.1. The molecule has 110 valence electrons. The minimum absolute atomic E-state index is 0.557. The molecule has 0 aliphatic heterocycles. The SMILES string of the molecule is CCCCCCC(C)NCc1ncnn1CC(C)C. The van der Waals surface area contributed by atoms with Gasteiger partial charge in [-0.25, -0.2) is 9.67 Å². The highest BCUT2D eigenvalue weighted by Crippen LogP contribution is 2.06. The third-order valence-electron chi connectivity index (χ3n) is 3.33. The second-order valence-corrected chi connectivity index (χ2v) is 5.88. The van der Waals surface area contributed by atoms with Gasteiger partial charge < -0.3 is 5.32 Å². The molecule has 0 spiro atoms. The maximum Gasteiger partial charge on any atom is 0.140 e. The van der Waals surface area contributed by atoms with Gasteiger partial charge in [-0.05, 0) is 19.3 Å². The van der Waals surface area contributed by atoms with Gasteiger partial charge in [-0.3, -0.25) is 0 Å². The Morgan fingerprint density at radius 3 is 2.68 bits per heavy atom. The fraction of sp³-hybridized carbons (Fsp3) is 0.867. The molecule has 0 aliphatic carbocycles. The van der Waals surface area contributed by atoms with Crippen LogP contribution in [0.15, 0.2) is 6.33 Å². The van der Waals surface area contributed by atoms with Crippen LogP contribution >= 0.6 is 0 Å². The van der Waals surface area contributed by atoms with Crippen LogP contribution < -0.4 is 5.32 Å². The number of aromatic nitrogens is 3. The Balaban J connectivity index is 2.26. The molecule has 1 aromatic rings. The summed E-state index contributed by atoms with van der Waals surface area (Å²) in [7, 11) is 0. The van der Waals surface area contributed by atoms with Crippen molar-refractivity contribution < 1.29 is 0 Å². The van der Waals surface area contributed by atoms with Gasteiger partial charge in [0.05, 0.1) is 6.54 Å². The smallest absolute Gasteiger partial charge is 0.140 e. The molecule has 1 rings (SSSR count). The summed E-state index contributed by atoms with van der Waals surface area (Å²) in [4.78, 5) is 4.34. The predicted octanol–water partition coefficient (Wildman–Crippen LogP) is 3.38. The Bertz CT molecular complexity index is 333. The van der Waals surface area contributed by atoms with E-state index in [1.54, 1.807) is 6.33 Å². The number of nitrogens with zero attached hydrogens (tertiary/aromatic N) is 3. The van der Waals surface area contributed by atoms with Crippen molar-refractivity contribution in [1.29, 1.82) is 0 Å². The summed E-state index contributed by atoms with van der Waals surface area (Å²) in [6, 6.07) is 0.557. The Kier molecular flexibility index (Phi) is 7.72. The van der Waals surface area contributed by atoms with Crippen LogP contribution in [0, 0.1) is 5.92 Å². The van der Waals surface area contributed by atoms with Gasteiger partial charge in [-0.1, -0.05) is 46.5 Å². The summed E-state index contributed by atoms with van der Waals surface area (Å²) in [6.07, 6.45) is 8.24. The first kappa shape index (κ1) is 16.2. The normalized spacial score (nSPS) is 13.1. The van der Waals surface area contributed by atoms with Crippen molar-refractivity contribution in [3.8, 4) is 0 Å². The highest BCUT2D eigenvalue weighted by Gasteiger charge is 2.07. The molecule has 0 fully saturated rings. The molecule has 1 heterocycles. The zero-order valence-corrected chi connectivity index (χ0v) is 13.0. The molecule has 0 saturated carbocycles. The average Bonchev–Trinajstić information content (AvgIpc) is 2.78. The number of nitrogens with one attached hydrogen (secondary N) is 1. The summed E-state index contributed by atoms with van der Waals surface area (Å²) in [5.74, 6) is 1.65. The third-order valence-corrected chi connectivity index (χ3v) is 3.33. The van der Waals surface area contributed by atoms with Crippen molar-refractivity contribution in [2.24, 2.45) is 5.92 Å². The molecule has 19 heavy (non-hydrogen) atoms. The van der Waals surface area contributed by atoms with Crippen molar-refractivity contribution in [3.63, 3.8) is 0 Å². The highest BCUT2D eigenvalue weighted by atomic mass is 15.3. The zero-order valence-electron chi connectivity index (χ0n) is 13.0. The molecule has 1 N–H and O–H groups in total. The van der Waals surface area contributed by atoms with Crippen LogP contribution in [0.3, 0.4) is 0 Å². The Labute approximate surface area is 118 Å². The third kappa shape index (κ3) is 6.71. The van der Waals surface area contributed by atoms with E-state index in [-0.39, 0.29) is 0 Å². The molecule has 1 unspecified atom stereocenters. The first-order valence-corrected chi connectivity index (χ1v) is 7.73. The first-order chi connectivity index (χ1) is 9.13. The van der Waals surface area contributed by atoms with Crippen LogP contribution in [-0.2, 0) is 13.1 Å². The van der Waals surface area contributed by atoms with Crippen LogP contribution in [0.25, 0.3) is 0 Å². The molecule has 0 amide bonds. The molecule has 0 saturated heterocycles. The molecule has 0 radical (unpaired) electrons. The summed E-state index contributed by atoms with van der Waals surface area (Å²) in [5, 5.41) is 7.84. The van der Waals surface area contributed by atoms with E-state index in [9.17, 15) is 0 Å². The van der Waals surface area contributed by atoms with Crippen molar-refractivity contribution in [2.75, 3.05) is 0 Å². The second-order valence-electron chi connectivity index (χ2n) is 5.88. The van der Waals surface area contributed by atoms with Gasteiger partial charge in [-0.15, -0.1) is 0 Å². The van der Waals surface area contributed by atoms with E-state index in [0.717, 1.165) is 18.9 Å². The lowest BCUT2D eigenvalue weighted by atomic mass is 10.1. The summed E-state index contributed by atoms with van der Waals surface area (Å²) < 4.78 is 2.02. The molecule has 4 nitrogen and oxygen atoms in total. The lowest BCUT2D eigenvalue weighted by Gasteiger charge is -2.14. The summed E-state index contributed by atoms with van der Waals surface area (Å²) in [5.41, 5.74) is 0. The van der Waals surface area contributed by atoms with E-state index < -0.39 is 0 Å². The van der Waals surface area contributed by atoms with Crippen LogP contribution in [0.2, 0.25) is 0 Å². The molecule has 0 aliphatic rings. The Morgan fingerprint density at radius 1 is 1.21 bits per heavy atom. The van der Waals surface area contributed by atoms with E-state index in [1.807, 2.05) is 4.68 Å². The molecule has 0 aromatic carbocycles. The maximum absolute atomic E-state index is 4.34. The van der Waals surface area contributed by atoms with E-state index in [2.05, 4.69) is 43.1 Å². The largest absolute Gasteiger partial charge is 0.307 e. The van der Waals surface area contributed by atoms with Gasteiger partial charge in [0, 0.05) is 12.6 Å².